The van der Waals surface area contributed by atoms with Crippen molar-refractivity contribution in [1.82, 2.24) is 0 Å². The lowest BCUT2D eigenvalue weighted by Gasteiger charge is -1.91. The quantitative estimate of drug-likeness (QED) is 0.353. The summed E-state index contributed by atoms with van der Waals surface area (Å²) in [6.45, 7) is 0. The molecule has 0 N–H and O–H groups in total. The molecule has 0 aromatic rings. The second-order valence-electron chi connectivity index (χ2n) is 1.82. The van der Waals surface area contributed by atoms with Crippen molar-refractivity contribution in [1.29, 1.82) is 0 Å². The van der Waals surface area contributed by atoms with Gasteiger partial charge in [0.1, 0.15) is 6.08 Å². The SMILES string of the molecule is COC1=C[C+]=C(N=C=S)C=C1. The van der Waals surface area contributed by atoms with Gasteiger partial charge in [0.15, 0.2) is 0 Å². The van der Waals surface area contributed by atoms with Gasteiger partial charge in [-0.25, -0.2) is 0 Å². The predicted molar refractivity (Wildman–Crippen MR) is 46.0 cm³/mol. The number of methoxy groups -OCH3 is 1. The Labute approximate surface area is 70.6 Å². The summed E-state index contributed by atoms with van der Waals surface area (Å²) in [5.41, 5.74) is 0.667. The summed E-state index contributed by atoms with van der Waals surface area (Å²) in [4.78, 5) is 3.74. The Kier molecular flexibility index (Phi) is 2.70. The fraction of sp³-hybridized carbons (Fsp3) is 0.125. The molecule has 1 rings (SSSR count). The number of hydrogen-bond acceptors (Lipinski definition) is 3. The third-order valence-corrected chi connectivity index (χ3v) is 1.26. The molecule has 2 nitrogen and oxygen atoms in total. The minimum atomic E-state index is 0.667. The normalized spacial score (nSPS) is 13.9. The van der Waals surface area contributed by atoms with Crippen LogP contribution in [0.4, 0.5) is 0 Å². The van der Waals surface area contributed by atoms with E-state index in [1.165, 1.54) is 0 Å². The average molecular weight is 164 g/mol. The Morgan fingerprint density at radius 1 is 1.64 bits per heavy atom. The number of nitrogens with zero attached hydrogens (tertiary/aromatic N) is 1. The Balaban J connectivity index is 2.80. The first-order valence-electron chi connectivity index (χ1n) is 3.00. The van der Waals surface area contributed by atoms with Gasteiger partial charge < -0.3 is 4.74 Å². The summed E-state index contributed by atoms with van der Waals surface area (Å²) in [6.07, 6.45) is 8.12. The number of thiocarbonyl (C=S) groups is 1. The minimum absolute atomic E-state index is 0.667. The summed E-state index contributed by atoms with van der Waals surface area (Å²) in [5.74, 6) is 0.758. The Morgan fingerprint density at radius 3 is 2.91 bits per heavy atom. The molecule has 0 aromatic carbocycles. The molecular weight excluding hydrogens is 158 g/mol. The number of ether oxygens (including phenoxy) is 1. The maximum atomic E-state index is 4.93. The first-order chi connectivity index (χ1) is 5.36. The number of aliphatic imine (C=N–C) groups is 1. The lowest BCUT2D eigenvalue weighted by molar-refractivity contribution is 0.306. The number of isothiocyanates is 1. The van der Waals surface area contributed by atoms with Crippen LogP contribution in [0.5, 0.6) is 0 Å². The minimum Gasteiger partial charge on any atom is -0.437 e. The van der Waals surface area contributed by atoms with Crippen molar-refractivity contribution in [2.24, 2.45) is 4.99 Å². The highest BCUT2D eigenvalue weighted by Gasteiger charge is 2.07. The lowest BCUT2D eigenvalue weighted by Crippen LogP contribution is -1.86. The molecule has 3 heteroatoms. The molecule has 0 heterocycles. The second-order valence-corrected chi connectivity index (χ2v) is 2.00. The van der Waals surface area contributed by atoms with Crippen LogP contribution >= 0.6 is 12.2 Å². The summed E-state index contributed by atoms with van der Waals surface area (Å²) >= 11 is 4.43. The van der Waals surface area contributed by atoms with E-state index in [0.29, 0.717) is 5.70 Å². The maximum absolute atomic E-state index is 4.93. The van der Waals surface area contributed by atoms with Gasteiger partial charge in [-0.05, 0) is 12.2 Å². The molecule has 1 aliphatic carbocycles. The summed E-state index contributed by atoms with van der Waals surface area (Å²) < 4.78 is 4.93. The van der Waals surface area contributed by atoms with Gasteiger partial charge in [-0.3, -0.25) is 0 Å². The summed E-state index contributed by atoms with van der Waals surface area (Å²) in [7, 11) is 1.60. The van der Waals surface area contributed by atoms with Crippen molar-refractivity contribution in [2.75, 3.05) is 7.11 Å². The second kappa shape index (κ2) is 3.79. The Bertz CT molecular complexity index is 282. The van der Waals surface area contributed by atoms with Crippen molar-refractivity contribution in [3.05, 3.63) is 35.8 Å². The third kappa shape index (κ3) is 2.10. The van der Waals surface area contributed by atoms with E-state index in [1.807, 2.05) is 0 Å². The lowest BCUT2D eigenvalue weighted by atomic mass is 10.2. The van der Waals surface area contributed by atoms with Gasteiger partial charge in [-0.15, -0.1) is 0 Å². The Morgan fingerprint density at radius 2 is 2.45 bits per heavy atom. The molecule has 0 amide bonds. The van der Waals surface area contributed by atoms with Crippen LogP contribution in [0.3, 0.4) is 0 Å². The van der Waals surface area contributed by atoms with Crippen molar-refractivity contribution in [3.63, 3.8) is 0 Å². The van der Waals surface area contributed by atoms with Crippen LogP contribution in [0.2, 0.25) is 0 Å². The molecule has 0 aliphatic heterocycles. The summed E-state index contributed by atoms with van der Waals surface area (Å²) in [5, 5.41) is 2.26. The molecule has 0 atom stereocenters. The van der Waals surface area contributed by atoms with E-state index in [9.17, 15) is 0 Å². The van der Waals surface area contributed by atoms with Crippen molar-refractivity contribution >= 4 is 17.4 Å². The number of hydrogen-bond donors (Lipinski definition) is 0. The molecule has 54 valence electrons. The molecule has 0 radical (unpaired) electrons. The van der Waals surface area contributed by atoms with E-state index in [0.717, 1.165) is 5.76 Å². The van der Waals surface area contributed by atoms with Gasteiger partial charge >= 0.3 is 0 Å². The molecule has 1 aliphatic rings. The predicted octanol–water partition coefficient (Wildman–Crippen LogP) is 1.88. The van der Waals surface area contributed by atoms with Gasteiger partial charge in [0.2, 0.25) is 11.5 Å². The van der Waals surface area contributed by atoms with Crippen LogP contribution in [-0.2, 0) is 4.74 Å². The van der Waals surface area contributed by atoms with Crippen molar-refractivity contribution in [3.8, 4) is 0 Å². The molecule has 11 heavy (non-hydrogen) atoms. The van der Waals surface area contributed by atoms with E-state index in [2.05, 4.69) is 28.4 Å². The molecule has 0 spiro atoms. The van der Waals surface area contributed by atoms with Crippen LogP contribution in [-0.4, -0.2) is 12.3 Å². The van der Waals surface area contributed by atoms with E-state index in [-0.39, 0.29) is 0 Å². The molecule has 0 saturated carbocycles. The monoisotopic (exact) mass is 164 g/mol. The fourth-order valence-electron chi connectivity index (χ4n) is 0.648. The molecule has 0 saturated heterocycles. The van der Waals surface area contributed by atoms with Crippen LogP contribution in [0.25, 0.3) is 0 Å². The first-order valence-corrected chi connectivity index (χ1v) is 3.41. The van der Waals surface area contributed by atoms with E-state index >= 15 is 0 Å². The number of rotatable bonds is 2. The molecular formula is C8H6NOS+. The highest BCUT2D eigenvalue weighted by atomic mass is 32.1. The largest absolute Gasteiger partial charge is 0.437 e. The van der Waals surface area contributed by atoms with Gasteiger partial charge in [0.25, 0.3) is 0 Å². The zero-order valence-electron chi connectivity index (χ0n) is 6.00. The smallest absolute Gasteiger partial charge is 0.238 e. The topological polar surface area (TPSA) is 21.6 Å². The fourth-order valence-corrected chi connectivity index (χ4v) is 0.746. The average Bonchev–Trinajstić information content (AvgIpc) is 2.07. The molecule has 0 fully saturated rings. The van der Waals surface area contributed by atoms with Gasteiger partial charge in [0.05, 0.1) is 30.5 Å². The third-order valence-electron chi connectivity index (χ3n) is 1.17. The maximum Gasteiger partial charge on any atom is 0.238 e. The highest BCUT2D eigenvalue weighted by molar-refractivity contribution is 7.78. The van der Waals surface area contributed by atoms with Crippen LogP contribution in [0, 0.1) is 6.08 Å². The van der Waals surface area contributed by atoms with Crippen LogP contribution in [0.15, 0.2) is 34.7 Å². The Hall–Kier alpha value is -1.27. The molecule has 0 aromatic heterocycles. The van der Waals surface area contributed by atoms with Crippen molar-refractivity contribution in [2.45, 2.75) is 0 Å². The van der Waals surface area contributed by atoms with E-state index in [1.54, 1.807) is 25.3 Å². The first kappa shape index (κ1) is 7.83. The van der Waals surface area contributed by atoms with Crippen molar-refractivity contribution < 1.29 is 4.74 Å². The standard InChI is InChI=1S/C8H6NOS/c1-10-8-4-2-7(3-5-8)9-6-11/h2,4-5H,1H3/q+1. The van der Waals surface area contributed by atoms with Crippen LogP contribution in [0.1, 0.15) is 0 Å². The highest BCUT2D eigenvalue weighted by Crippen LogP contribution is 2.09. The zero-order valence-corrected chi connectivity index (χ0v) is 6.81. The van der Waals surface area contributed by atoms with E-state index < -0.39 is 0 Å². The molecule has 0 unspecified atom stereocenters. The zero-order chi connectivity index (χ0) is 8.10. The van der Waals surface area contributed by atoms with Gasteiger partial charge in [-0.2, -0.15) is 4.99 Å². The summed E-state index contributed by atoms with van der Waals surface area (Å²) in [6, 6.07) is 0. The van der Waals surface area contributed by atoms with Gasteiger partial charge in [0, 0.05) is 0 Å². The molecule has 0 bridgehead atoms. The van der Waals surface area contributed by atoms with Gasteiger partial charge in [-0.1, -0.05) is 0 Å². The van der Waals surface area contributed by atoms with E-state index in [4.69, 9.17) is 4.74 Å². The number of allylic oxidation sites excluding steroid dienone is 4. The van der Waals surface area contributed by atoms with Crippen LogP contribution < -0.4 is 0 Å².